The Kier molecular flexibility index (Phi) is 2.81. The Bertz CT molecular complexity index is 707. The number of hydrogen-bond acceptors (Lipinski definition) is 5. The van der Waals surface area contributed by atoms with Crippen LogP contribution in [0, 0.1) is 0 Å². The lowest BCUT2D eigenvalue weighted by Gasteiger charge is -2.16. The number of hydrogen-bond donors (Lipinski definition) is 3. The predicted octanol–water partition coefficient (Wildman–Crippen LogP) is 0.0554. The maximum Gasteiger partial charge on any atom is 0.276 e. The zero-order chi connectivity index (χ0) is 13.6. The van der Waals surface area contributed by atoms with Crippen molar-refractivity contribution in [3.8, 4) is 0 Å². The fourth-order valence-electron chi connectivity index (χ4n) is 2.09. The van der Waals surface area contributed by atoms with Crippen LogP contribution in [0.3, 0.4) is 0 Å². The van der Waals surface area contributed by atoms with Gasteiger partial charge in [0.1, 0.15) is 18.0 Å². The van der Waals surface area contributed by atoms with Gasteiger partial charge in [-0.15, -0.1) is 0 Å². The van der Waals surface area contributed by atoms with Crippen molar-refractivity contribution in [1.29, 1.82) is 0 Å². The van der Waals surface area contributed by atoms with E-state index >= 15 is 0 Å². The van der Waals surface area contributed by atoms with Crippen LogP contribution in [0.1, 0.15) is 6.23 Å². The number of nitrogens with one attached hydrogen (secondary N) is 1. The van der Waals surface area contributed by atoms with Gasteiger partial charge in [-0.1, -0.05) is 11.6 Å². The van der Waals surface area contributed by atoms with Gasteiger partial charge in [0.2, 0.25) is 6.23 Å². The van der Waals surface area contributed by atoms with Gasteiger partial charge >= 0.3 is 0 Å². The number of ether oxygens (including phenoxy) is 1. The number of imidazole rings is 1. The number of pyridine rings is 1. The van der Waals surface area contributed by atoms with Crippen molar-refractivity contribution in [3.05, 3.63) is 40.2 Å². The van der Waals surface area contributed by atoms with Crippen molar-refractivity contribution in [3.63, 3.8) is 0 Å². The highest BCUT2D eigenvalue weighted by Gasteiger charge is 2.41. The van der Waals surface area contributed by atoms with E-state index in [4.69, 9.17) is 16.3 Å². The molecule has 19 heavy (non-hydrogen) atoms. The minimum atomic E-state index is -1.21. The number of fused-ring (bicyclic) bond motifs is 1. The van der Waals surface area contributed by atoms with Gasteiger partial charge in [-0.2, -0.15) is 0 Å². The van der Waals surface area contributed by atoms with E-state index < -0.39 is 18.4 Å². The van der Waals surface area contributed by atoms with Crippen molar-refractivity contribution in [1.82, 2.24) is 14.5 Å². The van der Waals surface area contributed by atoms with Crippen molar-refractivity contribution >= 4 is 22.6 Å². The number of aliphatic hydroxyl groups excluding tert-OH is 2. The molecule has 0 bridgehead atoms. The van der Waals surface area contributed by atoms with Gasteiger partial charge in [0.25, 0.3) is 5.56 Å². The van der Waals surface area contributed by atoms with Gasteiger partial charge in [-0.25, -0.2) is 4.98 Å². The number of aliphatic hydroxyl groups is 2. The topological polar surface area (TPSA) is 100 Å². The molecule has 0 aromatic carbocycles. The highest BCUT2D eigenvalue weighted by molar-refractivity contribution is 6.25. The molecule has 2 aromatic rings. The molecule has 8 heteroatoms. The number of halogens is 1. The normalized spacial score (nSPS) is 29.0. The minimum absolute atomic E-state index is 0.0749. The molecular formula is C11H10ClN3O4. The monoisotopic (exact) mass is 283 g/mol. The highest BCUT2D eigenvalue weighted by atomic mass is 35.5. The van der Waals surface area contributed by atoms with Gasteiger partial charge in [-0.05, 0) is 6.07 Å². The van der Waals surface area contributed by atoms with Crippen LogP contribution in [0.15, 0.2) is 34.7 Å². The second-order valence-corrected chi connectivity index (χ2v) is 4.37. The quantitative estimate of drug-likeness (QED) is 0.687. The molecule has 1 aliphatic heterocycles. The number of nitrogens with zero attached hydrogens (tertiary/aromatic N) is 2. The first-order chi connectivity index (χ1) is 9.13. The summed E-state index contributed by atoms with van der Waals surface area (Å²) in [6, 6.07) is 1.63. The van der Waals surface area contributed by atoms with Crippen molar-refractivity contribution < 1.29 is 14.9 Å². The number of aromatic nitrogens is 3. The first-order valence-corrected chi connectivity index (χ1v) is 5.94. The Morgan fingerprint density at radius 3 is 3.00 bits per heavy atom. The standard InChI is InChI=1S/C11H10ClN3O4/c12-3-6-8(16)9(17)11(19-6)15-4-14-7-5(15)1-2-13-10(7)18/h1-4,8-9,11,16-17H,(H,13,18)/b6-3+/t8-,9-,11-/m1/s1. The first kappa shape index (κ1) is 12.2. The molecular weight excluding hydrogens is 274 g/mol. The molecule has 0 aliphatic carbocycles. The maximum atomic E-state index is 11.6. The number of rotatable bonds is 1. The van der Waals surface area contributed by atoms with E-state index in [-0.39, 0.29) is 16.8 Å². The summed E-state index contributed by atoms with van der Waals surface area (Å²) >= 11 is 5.50. The SMILES string of the molecule is O=c1[nH]ccc2c1ncn2[C@@H]1O/C(=C/Cl)[C@@H](O)[C@H]1O. The summed E-state index contributed by atoms with van der Waals surface area (Å²) in [6.07, 6.45) is -0.438. The summed E-state index contributed by atoms with van der Waals surface area (Å²) in [5, 5.41) is 19.7. The lowest BCUT2D eigenvalue weighted by molar-refractivity contribution is -0.0115. The molecule has 0 amide bonds. The third kappa shape index (κ3) is 1.74. The van der Waals surface area contributed by atoms with E-state index in [0.29, 0.717) is 5.52 Å². The largest absolute Gasteiger partial charge is 0.468 e. The molecule has 1 fully saturated rings. The fourth-order valence-corrected chi connectivity index (χ4v) is 2.27. The molecule has 0 radical (unpaired) electrons. The molecule has 0 unspecified atom stereocenters. The van der Waals surface area contributed by atoms with Crippen LogP contribution < -0.4 is 5.56 Å². The van der Waals surface area contributed by atoms with Crippen LogP contribution in [0.2, 0.25) is 0 Å². The van der Waals surface area contributed by atoms with E-state index in [9.17, 15) is 15.0 Å². The number of H-pyrrole nitrogens is 1. The summed E-state index contributed by atoms with van der Waals surface area (Å²) in [4.78, 5) is 18.0. The van der Waals surface area contributed by atoms with Crippen LogP contribution in [-0.4, -0.2) is 37.0 Å². The average molecular weight is 284 g/mol. The molecule has 2 aromatic heterocycles. The Hall–Kier alpha value is -1.83. The average Bonchev–Trinajstić information content (AvgIpc) is 2.94. The van der Waals surface area contributed by atoms with Crippen LogP contribution in [0.4, 0.5) is 0 Å². The Balaban J connectivity index is 2.11. The van der Waals surface area contributed by atoms with Crippen LogP contribution in [-0.2, 0) is 4.74 Å². The molecule has 0 saturated carbocycles. The van der Waals surface area contributed by atoms with Crippen molar-refractivity contribution in [2.24, 2.45) is 0 Å². The smallest absolute Gasteiger partial charge is 0.276 e. The first-order valence-electron chi connectivity index (χ1n) is 5.51. The second-order valence-electron chi connectivity index (χ2n) is 4.15. The molecule has 1 aliphatic rings. The molecule has 3 rings (SSSR count). The fraction of sp³-hybridized carbons (Fsp3) is 0.273. The zero-order valence-corrected chi connectivity index (χ0v) is 10.3. The van der Waals surface area contributed by atoms with E-state index in [0.717, 1.165) is 5.54 Å². The molecule has 7 nitrogen and oxygen atoms in total. The predicted molar refractivity (Wildman–Crippen MR) is 66.4 cm³/mol. The minimum Gasteiger partial charge on any atom is -0.468 e. The van der Waals surface area contributed by atoms with Gasteiger partial charge in [-0.3, -0.25) is 9.36 Å². The molecule has 0 spiro atoms. The van der Waals surface area contributed by atoms with Crippen molar-refractivity contribution in [2.45, 2.75) is 18.4 Å². The zero-order valence-electron chi connectivity index (χ0n) is 9.52. The van der Waals surface area contributed by atoms with Gasteiger partial charge < -0.3 is 19.9 Å². The second kappa shape index (κ2) is 4.37. The third-order valence-corrected chi connectivity index (χ3v) is 3.26. The summed E-state index contributed by atoms with van der Waals surface area (Å²) < 4.78 is 6.85. The summed E-state index contributed by atoms with van der Waals surface area (Å²) in [7, 11) is 0. The molecule has 3 heterocycles. The molecule has 1 saturated heterocycles. The van der Waals surface area contributed by atoms with E-state index in [1.54, 1.807) is 6.07 Å². The molecule has 3 N–H and O–H groups in total. The number of aromatic amines is 1. The summed E-state index contributed by atoms with van der Waals surface area (Å²) in [5.74, 6) is 0.0749. The molecule has 100 valence electrons. The highest BCUT2D eigenvalue weighted by Crippen LogP contribution is 2.33. The van der Waals surface area contributed by atoms with Crippen LogP contribution in [0.25, 0.3) is 11.0 Å². The van der Waals surface area contributed by atoms with E-state index in [2.05, 4.69) is 9.97 Å². The Morgan fingerprint density at radius 1 is 1.53 bits per heavy atom. The third-order valence-electron chi connectivity index (χ3n) is 3.05. The Labute approximate surface area is 111 Å². The van der Waals surface area contributed by atoms with Crippen LogP contribution >= 0.6 is 11.6 Å². The Morgan fingerprint density at radius 2 is 2.32 bits per heavy atom. The summed E-state index contributed by atoms with van der Waals surface area (Å²) in [6.45, 7) is 0. The van der Waals surface area contributed by atoms with Crippen molar-refractivity contribution in [2.75, 3.05) is 0 Å². The lowest BCUT2D eigenvalue weighted by atomic mass is 10.2. The maximum absolute atomic E-state index is 11.6. The van der Waals surface area contributed by atoms with E-state index in [1.807, 2.05) is 0 Å². The summed E-state index contributed by atoms with van der Waals surface area (Å²) in [5.41, 5.74) is 1.46. The van der Waals surface area contributed by atoms with Crippen LogP contribution in [0.5, 0.6) is 0 Å². The lowest BCUT2D eigenvalue weighted by Crippen LogP contribution is -2.27. The van der Waals surface area contributed by atoms with Gasteiger partial charge in [0.05, 0.1) is 11.8 Å². The van der Waals surface area contributed by atoms with Gasteiger partial charge in [0.15, 0.2) is 5.52 Å². The van der Waals surface area contributed by atoms with E-state index in [1.165, 1.54) is 17.1 Å². The van der Waals surface area contributed by atoms with Gasteiger partial charge in [0, 0.05) is 11.7 Å². The molecule has 3 atom stereocenters.